The summed E-state index contributed by atoms with van der Waals surface area (Å²) in [5.74, 6) is 0. The fourth-order valence-electron chi connectivity index (χ4n) is 3.83. The number of hydrogen-bond donors (Lipinski definition) is 2. The molecule has 3 rings (SSSR count). The summed E-state index contributed by atoms with van der Waals surface area (Å²) in [7, 11) is 0. The van der Waals surface area contributed by atoms with Crippen molar-refractivity contribution in [2.45, 2.75) is 56.2 Å². The number of piperidine rings is 1. The topological polar surface area (TPSA) is 35.5 Å². The van der Waals surface area contributed by atoms with Gasteiger partial charge in [0.1, 0.15) is 0 Å². The van der Waals surface area contributed by atoms with Crippen molar-refractivity contribution in [2.24, 2.45) is 0 Å². The van der Waals surface area contributed by atoms with Gasteiger partial charge >= 0.3 is 0 Å². The van der Waals surface area contributed by atoms with Crippen LogP contribution in [0, 0.1) is 0 Å². The fraction of sp³-hybridized carbons (Fsp3) is 1.00. The lowest BCUT2D eigenvalue weighted by molar-refractivity contribution is -0.0284. The van der Waals surface area contributed by atoms with Crippen LogP contribution in [-0.2, 0) is 0 Å². The third-order valence-corrected chi connectivity index (χ3v) is 4.65. The van der Waals surface area contributed by atoms with Crippen molar-refractivity contribution in [3.63, 3.8) is 0 Å². The second-order valence-corrected chi connectivity index (χ2v) is 5.44. The molecule has 3 aliphatic heterocycles. The summed E-state index contributed by atoms with van der Waals surface area (Å²) in [5.41, 5.74) is -0.420. The van der Waals surface area contributed by atoms with E-state index in [1.54, 1.807) is 0 Å². The van der Waals surface area contributed by atoms with E-state index in [1.807, 2.05) is 0 Å². The molecule has 3 atom stereocenters. The second kappa shape index (κ2) is 3.72. The van der Waals surface area contributed by atoms with Crippen LogP contribution in [0.5, 0.6) is 0 Å². The van der Waals surface area contributed by atoms with E-state index in [1.165, 1.54) is 38.6 Å². The maximum absolute atomic E-state index is 10.9. The molecule has 0 radical (unpaired) electrons. The molecule has 3 fully saturated rings. The molecule has 0 aromatic heterocycles. The van der Waals surface area contributed by atoms with Crippen LogP contribution in [0.25, 0.3) is 0 Å². The average Bonchev–Trinajstić information content (AvgIpc) is 2.85. The van der Waals surface area contributed by atoms with Crippen molar-refractivity contribution in [2.75, 3.05) is 19.6 Å². The zero-order valence-electron chi connectivity index (χ0n) is 9.41. The van der Waals surface area contributed by atoms with Crippen LogP contribution in [0.2, 0.25) is 0 Å². The number of aliphatic hydroxyl groups is 1. The van der Waals surface area contributed by atoms with Gasteiger partial charge in [-0.1, -0.05) is 6.42 Å². The Labute approximate surface area is 91.8 Å². The minimum absolute atomic E-state index is 0.361. The molecule has 0 aromatic carbocycles. The van der Waals surface area contributed by atoms with Gasteiger partial charge in [0.25, 0.3) is 0 Å². The van der Waals surface area contributed by atoms with E-state index in [4.69, 9.17) is 0 Å². The van der Waals surface area contributed by atoms with Crippen molar-refractivity contribution >= 4 is 0 Å². The summed E-state index contributed by atoms with van der Waals surface area (Å²) >= 11 is 0. The van der Waals surface area contributed by atoms with Crippen LogP contribution in [0.15, 0.2) is 0 Å². The molecule has 3 heteroatoms. The Morgan fingerprint density at radius 1 is 1.13 bits per heavy atom. The van der Waals surface area contributed by atoms with E-state index in [0.29, 0.717) is 12.1 Å². The van der Waals surface area contributed by atoms with Crippen molar-refractivity contribution in [3.05, 3.63) is 0 Å². The second-order valence-electron chi connectivity index (χ2n) is 5.44. The first kappa shape index (κ1) is 10.1. The van der Waals surface area contributed by atoms with Crippen LogP contribution in [0.4, 0.5) is 0 Å². The summed E-state index contributed by atoms with van der Waals surface area (Å²) < 4.78 is 0. The predicted octanol–water partition coefficient (Wildman–Crippen LogP) is 0.728. The number of nitrogens with one attached hydrogen (secondary N) is 1. The van der Waals surface area contributed by atoms with Gasteiger partial charge in [-0.05, 0) is 45.2 Å². The van der Waals surface area contributed by atoms with E-state index in [0.717, 1.165) is 19.5 Å². The molecule has 0 aromatic rings. The Bertz CT molecular complexity index is 240. The molecule has 3 aliphatic rings. The number of hydrogen-bond acceptors (Lipinski definition) is 3. The van der Waals surface area contributed by atoms with E-state index in [-0.39, 0.29) is 0 Å². The van der Waals surface area contributed by atoms with Crippen LogP contribution < -0.4 is 5.32 Å². The molecular formula is C12H22N2O. The lowest BCUT2D eigenvalue weighted by Gasteiger charge is -2.40. The van der Waals surface area contributed by atoms with Gasteiger partial charge in [-0.2, -0.15) is 0 Å². The van der Waals surface area contributed by atoms with Crippen LogP contribution in [0.1, 0.15) is 38.5 Å². The summed E-state index contributed by atoms with van der Waals surface area (Å²) in [6.45, 7) is 3.42. The maximum atomic E-state index is 10.9. The molecule has 0 spiro atoms. The van der Waals surface area contributed by atoms with E-state index < -0.39 is 5.60 Å². The normalized spacial score (nSPS) is 47.0. The molecule has 0 saturated carbocycles. The summed E-state index contributed by atoms with van der Waals surface area (Å²) in [4.78, 5) is 2.50. The molecule has 3 heterocycles. The highest BCUT2D eigenvalue weighted by Gasteiger charge is 2.52. The smallest absolute Gasteiger partial charge is 0.0966 e. The first-order valence-electron chi connectivity index (χ1n) is 6.50. The van der Waals surface area contributed by atoms with Crippen molar-refractivity contribution in [1.29, 1.82) is 0 Å². The highest BCUT2D eigenvalue weighted by Crippen LogP contribution is 2.39. The molecule has 2 N–H and O–H groups in total. The molecule has 0 amide bonds. The third kappa shape index (κ3) is 1.52. The third-order valence-electron chi connectivity index (χ3n) is 4.65. The number of fused-ring (bicyclic) bond motifs is 1. The molecule has 0 aliphatic carbocycles. The number of rotatable bonds is 1. The van der Waals surface area contributed by atoms with Crippen LogP contribution in [-0.4, -0.2) is 47.3 Å². The Morgan fingerprint density at radius 2 is 2.07 bits per heavy atom. The highest BCUT2D eigenvalue weighted by molar-refractivity contribution is 5.09. The van der Waals surface area contributed by atoms with Crippen LogP contribution >= 0.6 is 0 Å². The first-order valence-corrected chi connectivity index (χ1v) is 6.50. The Kier molecular flexibility index (Phi) is 2.49. The lowest BCUT2D eigenvalue weighted by atomic mass is 9.81. The molecule has 3 nitrogen and oxygen atoms in total. The van der Waals surface area contributed by atoms with Gasteiger partial charge in [0.2, 0.25) is 0 Å². The Hall–Kier alpha value is -0.120. The molecular weight excluding hydrogens is 188 g/mol. The van der Waals surface area contributed by atoms with E-state index in [9.17, 15) is 5.11 Å². The summed E-state index contributed by atoms with van der Waals surface area (Å²) in [6.07, 6.45) is 7.19. The minimum atomic E-state index is -0.420. The molecule has 0 bridgehead atoms. The largest absolute Gasteiger partial charge is 0.387 e. The van der Waals surface area contributed by atoms with Gasteiger partial charge in [0.15, 0.2) is 0 Å². The van der Waals surface area contributed by atoms with Crippen molar-refractivity contribution < 1.29 is 5.11 Å². The molecule has 3 saturated heterocycles. The fourth-order valence-corrected chi connectivity index (χ4v) is 3.83. The van der Waals surface area contributed by atoms with Gasteiger partial charge in [-0.3, -0.25) is 4.90 Å². The predicted molar refractivity (Wildman–Crippen MR) is 59.8 cm³/mol. The van der Waals surface area contributed by atoms with Crippen LogP contribution in [0.3, 0.4) is 0 Å². The molecule has 86 valence electrons. The highest BCUT2D eigenvalue weighted by atomic mass is 16.3. The van der Waals surface area contributed by atoms with Gasteiger partial charge in [-0.25, -0.2) is 0 Å². The van der Waals surface area contributed by atoms with Gasteiger partial charge in [0, 0.05) is 18.6 Å². The minimum Gasteiger partial charge on any atom is -0.387 e. The Balaban J connectivity index is 1.77. The average molecular weight is 210 g/mol. The standard InChI is InChI=1S/C12H22N2O/c15-12(10-4-1-2-7-13-10)6-9-14-8-3-5-11(12)14/h10-11,13,15H,1-9H2. The van der Waals surface area contributed by atoms with E-state index in [2.05, 4.69) is 10.2 Å². The van der Waals surface area contributed by atoms with Gasteiger partial charge < -0.3 is 10.4 Å². The Morgan fingerprint density at radius 3 is 2.87 bits per heavy atom. The maximum Gasteiger partial charge on any atom is 0.0966 e. The first-order chi connectivity index (χ1) is 7.31. The van der Waals surface area contributed by atoms with Gasteiger partial charge in [0.05, 0.1) is 5.60 Å². The monoisotopic (exact) mass is 210 g/mol. The molecule has 3 unspecified atom stereocenters. The molecule has 15 heavy (non-hydrogen) atoms. The zero-order valence-corrected chi connectivity index (χ0v) is 9.41. The quantitative estimate of drug-likeness (QED) is 0.669. The van der Waals surface area contributed by atoms with Crippen molar-refractivity contribution in [3.8, 4) is 0 Å². The zero-order chi connectivity index (χ0) is 10.3. The van der Waals surface area contributed by atoms with Gasteiger partial charge in [-0.15, -0.1) is 0 Å². The lowest BCUT2D eigenvalue weighted by Crippen LogP contribution is -2.58. The van der Waals surface area contributed by atoms with Crippen molar-refractivity contribution in [1.82, 2.24) is 10.2 Å². The SMILES string of the molecule is OC1(C2CCCCN2)CCN2CCCC21. The number of nitrogens with zero attached hydrogens (tertiary/aromatic N) is 1. The van der Waals surface area contributed by atoms with E-state index >= 15 is 0 Å². The summed E-state index contributed by atoms with van der Waals surface area (Å²) in [6, 6.07) is 0.812. The summed E-state index contributed by atoms with van der Waals surface area (Å²) in [5, 5.41) is 14.4.